The highest BCUT2D eigenvalue weighted by Crippen LogP contribution is 2.13. The van der Waals surface area contributed by atoms with Crippen molar-refractivity contribution in [2.24, 2.45) is 0 Å². The Bertz CT molecular complexity index is 793. The maximum absolute atomic E-state index is 12.2. The number of rotatable bonds is 4. The molecule has 112 valence electrons. The van der Waals surface area contributed by atoms with Gasteiger partial charge < -0.3 is 5.32 Å². The van der Waals surface area contributed by atoms with Gasteiger partial charge in [-0.3, -0.25) is 4.79 Å². The van der Waals surface area contributed by atoms with E-state index in [9.17, 15) is 10.1 Å². The average molecular weight is 301 g/mol. The number of benzene rings is 2. The first-order valence-corrected chi connectivity index (χ1v) is 7.12. The number of carbonyl (C=O) groups is 1. The molecule has 0 aliphatic rings. The molecule has 0 aromatic heterocycles. The van der Waals surface area contributed by atoms with Gasteiger partial charge >= 0.3 is 0 Å². The van der Waals surface area contributed by atoms with Gasteiger partial charge in [0.2, 0.25) is 0 Å². The molecule has 0 aliphatic carbocycles. The van der Waals surface area contributed by atoms with Crippen molar-refractivity contribution in [2.45, 2.75) is 13.0 Å². The lowest BCUT2D eigenvalue weighted by molar-refractivity contribution is -0.117. The molecule has 0 heterocycles. The van der Waals surface area contributed by atoms with Gasteiger partial charge in [-0.1, -0.05) is 42.5 Å². The molecule has 0 spiro atoms. The second-order valence-corrected chi connectivity index (χ2v) is 5.01. The fraction of sp³-hybridized carbons (Fsp3) is 0.105. The summed E-state index contributed by atoms with van der Waals surface area (Å²) in [5.74, 6) is -0.423. The molecule has 1 N–H and O–H groups in total. The van der Waals surface area contributed by atoms with Crippen LogP contribution in [0.25, 0.3) is 6.08 Å². The second kappa shape index (κ2) is 7.59. The number of nitrogens with one attached hydrogen (secondary N) is 1. The number of hydrogen-bond donors (Lipinski definition) is 1. The first kappa shape index (κ1) is 16.0. The van der Waals surface area contributed by atoms with Gasteiger partial charge in [-0.15, -0.1) is 0 Å². The minimum atomic E-state index is -0.423. The molecule has 4 heteroatoms. The van der Waals surface area contributed by atoms with Gasteiger partial charge in [0.1, 0.15) is 11.6 Å². The van der Waals surface area contributed by atoms with E-state index in [1.807, 2.05) is 49.4 Å². The molecule has 2 aromatic rings. The van der Waals surface area contributed by atoms with Gasteiger partial charge in [0.15, 0.2) is 0 Å². The molecule has 2 rings (SSSR count). The largest absolute Gasteiger partial charge is 0.345 e. The fourth-order valence-electron chi connectivity index (χ4n) is 2.07. The Labute approximate surface area is 135 Å². The standard InChI is InChI=1S/C19H15N3O/c1-14(17-5-3-2-4-6-17)22-19(23)18(13-21)11-15-7-9-16(12-20)10-8-15/h2-11,14H,1H3,(H,22,23)/b18-11+. The summed E-state index contributed by atoms with van der Waals surface area (Å²) in [5, 5.41) is 20.8. The average Bonchev–Trinajstić information content (AvgIpc) is 2.60. The van der Waals surface area contributed by atoms with Crippen molar-refractivity contribution < 1.29 is 4.79 Å². The van der Waals surface area contributed by atoms with Crippen LogP contribution in [0.5, 0.6) is 0 Å². The zero-order chi connectivity index (χ0) is 16.7. The lowest BCUT2D eigenvalue weighted by Crippen LogP contribution is -2.27. The quantitative estimate of drug-likeness (QED) is 0.695. The Morgan fingerprint density at radius 2 is 1.74 bits per heavy atom. The summed E-state index contributed by atoms with van der Waals surface area (Å²) in [5.41, 5.74) is 2.22. The van der Waals surface area contributed by atoms with E-state index in [1.54, 1.807) is 24.3 Å². The Hall–Kier alpha value is -3.37. The van der Waals surface area contributed by atoms with Gasteiger partial charge in [0.25, 0.3) is 5.91 Å². The molecule has 2 aromatic carbocycles. The summed E-state index contributed by atoms with van der Waals surface area (Å²) in [6, 6.07) is 20.0. The molecule has 0 saturated carbocycles. The Morgan fingerprint density at radius 3 is 2.30 bits per heavy atom. The molecule has 0 aliphatic heterocycles. The third kappa shape index (κ3) is 4.30. The van der Waals surface area contributed by atoms with Crippen molar-refractivity contribution in [1.82, 2.24) is 5.32 Å². The predicted molar refractivity (Wildman–Crippen MR) is 87.7 cm³/mol. The van der Waals surface area contributed by atoms with Crippen LogP contribution in [-0.2, 0) is 4.79 Å². The zero-order valence-corrected chi connectivity index (χ0v) is 12.7. The van der Waals surface area contributed by atoms with E-state index in [1.165, 1.54) is 6.08 Å². The van der Waals surface area contributed by atoms with Gasteiger partial charge in [-0.2, -0.15) is 10.5 Å². The number of nitrogens with zero attached hydrogens (tertiary/aromatic N) is 2. The highest BCUT2D eigenvalue weighted by Gasteiger charge is 2.13. The topological polar surface area (TPSA) is 76.7 Å². The summed E-state index contributed by atoms with van der Waals surface area (Å²) in [6.07, 6.45) is 1.51. The van der Waals surface area contributed by atoms with Gasteiger partial charge in [0, 0.05) is 0 Å². The van der Waals surface area contributed by atoms with Crippen LogP contribution in [0.1, 0.15) is 29.7 Å². The maximum Gasteiger partial charge on any atom is 0.262 e. The summed E-state index contributed by atoms with van der Waals surface area (Å²) in [6.45, 7) is 1.87. The highest BCUT2D eigenvalue weighted by molar-refractivity contribution is 6.01. The molecule has 0 fully saturated rings. The van der Waals surface area contributed by atoms with E-state index in [0.29, 0.717) is 11.1 Å². The monoisotopic (exact) mass is 301 g/mol. The van der Waals surface area contributed by atoms with E-state index in [4.69, 9.17) is 5.26 Å². The third-order valence-electron chi connectivity index (χ3n) is 3.36. The summed E-state index contributed by atoms with van der Waals surface area (Å²) >= 11 is 0. The van der Waals surface area contributed by atoms with Crippen LogP contribution in [0, 0.1) is 22.7 Å². The normalized spacial score (nSPS) is 11.9. The Morgan fingerprint density at radius 1 is 1.09 bits per heavy atom. The smallest absolute Gasteiger partial charge is 0.262 e. The first-order chi connectivity index (χ1) is 11.1. The van der Waals surface area contributed by atoms with Crippen LogP contribution >= 0.6 is 0 Å². The molecule has 0 bridgehead atoms. The van der Waals surface area contributed by atoms with Crippen molar-refractivity contribution >= 4 is 12.0 Å². The maximum atomic E-state index is 12.2. The number of amides is 1. The molecule has 0 saturated heterocycles. The van der Waals surface area contributed by atoms with E-state index in [-0.39, 0.29) is 11.6 Å². The Kier molecular flexibility index (Phi) is 5.28. The minimum absolute atomic E-state index is 0.0255. The molecular weight excluding hydrogens is 286 g/mol. The Balaban J connectivity index is 2.13. The lowest BCUT2D eigenvalue weighted by Gasteiger charge is -2.13. The highest BCUT2D eigenvalue weighted by atomic mass is 16.1. The summed E-state index contributed by atoms with van der Waals surface area (Å²) < 4.78 is 0. The summed E-state index contributed by atoms with van der Waals surface area (Å²) in [7, 11) is 0. The van der Waals surface area contributed by atoms with Crippen molar-refractivity contribution in [3.8, 4) is 12.1 Å². The van der Waals surface area contributed by atoms with Crippen molar-refractivity contribution in [2.75, 3.05) is 0 Å². The van der Waals surface area contributed by atoms with Crippen LogP contribution < -0.4 is 5.32 Å². The van der Waals surface area contributed by atoms with Crippen LogP contribution in [0.2, 0.25) is 0 Å². The van der Waals surface area contributed by atoms with Gasteiger partial charge in [0.05, 0.1) is 17.7 Å². The number of hydrogen-bond acceptors (Lipinski definition) is 3. The first-order valence-electron chi connectivity index (χ1n) is 7.12. The zero-order valence-electron chi connectivity index (χ0n) is 12.7. The van der Waals surface area contributed by atoms with E-state index < -0.39 is 5.91 Å². The predicted octanol–water partition coefficient (Wildman–Crippen LogP) is 3.34. The van der Waals surface area contributed by atoms with Gasteiger partial charge in [-0.05, 0) is 36.3 Å². The molecule has 1 unspecified atom stereocenters. The molecular formula is C19H15N3O. The molecule has 23 heavy (non-hydrogen) atoms. The summed E-state index contributed by atoms with van der Waals surface area (Å²) in [4.78, 5) is 12.2. The van der Waals surface area contributed by atoms with Crippen LogP contribution in [0.3, 0.4) is 0 Å². The molecule has 1 amide bonds. The van der Waals surface area contributed by atoms with E-state index >= 15 is 0 Å². The number of nitriles is 2. The van der Waals surface area contributed by atoms with Crippen LogP contribution in [0.4, 0.5) is 0 Å². The fourth-order valence-corrected chi connectivity index (χ4v) is 2.07. The van der Waals surface area contributed by atoms with Crippen molar-refractivity contribution in [3.05, 3.63) is 76.9 Å². The molecule has 4 nitrogen and oxygen atoms in total. The van der Waals surface area contributed by atoms with Crippen molar-refractivity contribution in [3.63, 3.8) is 0 Å². The van der Waals surface area contributed by atoms with Gasteiger partial charge in [-0.25, -0.2) is 0 Å². The number of carbonyl (C=O) groups excluding carboxylic acids is 1. The molecule has 1 atom stereocenters. The van der Waals surface area contributed by atoms with Crippen LogP contribution in [-0.4, -0.2) is 5.91 Å². The van der Waals surface area contributed by atoms with E-state index in [0.717, 1.165) is 5.56 Å². The van der Waals surface area contributed by atoms with E-state index in [2.05, 4.69) is 5.32 Å². The lowest BCUT2D eigenvalue weighted by atomic mass is 10.1. The molecule has 0 radical (unpaired) electrons. The minimum Gasteiger partial charge on any atom is -0.345 e. The second-order valence-electron chi connectivity index (χ2n) is 5.01. The SMILES string of the molecule is CC(NC(=O)/C(C#N)=C/c1ccc(C#N)cc1)c1ccccc1. The van der Waals surface area contributed by atoms with Crippen molar-refractivity contribution in [1.29, 1.82) is 10.5 Å². The third-order valence-corrected chi connectivity index (χ3v) is 3.36. The van der Waals surface area contributed by atoms with Crippen LogP contribution in [0.15, 0.2) is 60.2 Å².